The summed E-state index contributed by atoms with van der Waals surface area (Å²) in [4.78, 5) is 38.4. The van der Waals surface area contributed by atoms with E-state index in [-0.39, 0.29) is 35.7 Å². The van der Waals surface area contributed by atoms with Gasteiger partial charge in [-0.25, -0.2) is 0 Å². The Bertz CT molecular complexity index is 694. The van der Waals surface area contributed by atoms with Crippen LogP contribution >= 0.6 is 0 Å². The molecule has 0 radical (unpaired) electrons. The first kappa shape index (κ1) is 19.9. The molecule has 0 aromatic heterocycles. The number of nitrogens with one attached hydrogen (secondary N) is 2. The molecule has 1 aromatic carbocycles. The molecule has 0 heterocycles. The zero-order chi connectivity index (χ0) is 19.5. The number of carbonyl (C=O) groups is 3. The van der Waals surface area contributed by atoms with Gasteiger partial charge in [0.15, 0.2) is 0 Å². The Morgan fingerprint density at radius 1 is 1.23 bits per heavy atom. The van der Waals surface area contributed by atoms with Gasteiger partial charge in [0, 0.05) is 29.3 Å². The number of benzene rings is 1. The summed E-state index contributed by atoms with van der Waals surface area (Å²) in [6, 6.07) is 6.87. The average Bonchev–Trinajstić information content (AvgIpc) is 3.27. The molecule has 142 valence electrons. The first-order valence-corrected chi connectivity index (χ1v) is 9.12. The van der Waals surface area contributed by atoms with Crippen LogP contribution in [0, 0.1) is 11.8 Å². The van der Waals surface area contributed by atoms with Gasteiger partial charge in [0.1, 0.15) is 0 Å². The summed E-state index contributed by atoms with van der Waals surface area (Å²) < 4.78 is 0. The van der Waals surface area contributed by atoms with Crippen molar-refractivity contribution in [1.29, 1.82) is 0 Å². The number of hydrogen-bond acceptors (Lipinski definition) is 3. The molecular weight excluding hydrogens is 330 g/mol. The highest BCUT2D eigenvalue weighted by Crippen LogP contribution is 2.38. The van der Waals surface area contributed by atoms with Crippen LogP contribution in [0.5, 0.6) is 0 Å². The molecule has 0 saturated heterocycles. The normalized spacial score (nSPS) is 18.8. The van der Waals surface area contributed by atoms with Crippen molar-refractivity contribution in [2.24, 2.45) is 11.8 Å². The maximum absolute atomic E-state index is 12.7. The van der Waals surface area contributed by atoms with Crippen LogP contribution in [0.1, 0.15) is 51.4 Å². The maximum Gasteiger partial charge on any atom is 0.254 e. The lowest BCUT2D eigenvalue weighted by Crippen LogP contribution is -2.47. The highest BCUT2D eigenvalue weighted by Gasteiger charge is 2.39. The summed E-state index contributed by atoms with van der Waals surface area (Å²) in [6.07, 6.45) is 0.914. The quantitative estimate of drug-likeness (QED) is 0.820. The molecule has 2 rings (SSSR count). The van der Waals surface area contributed by atoms with E-state index in [0.717, 1.165) is 6.42 Å². The van der Waals surface area contributed by atoms with Crippen LogP contribution in [-0.4, -0.2) is 41.2 Å². The van der Waals surface area contributed by atoms with E-state index >= 15 is 0 Å². The van der Waals surface area contributed by atoms with Crippen LogP contribution in [0.4, 0.5) is 5.69 Å². The number of likely N-dealkylation sites (N-methyl/N-ethyl adjacent to an activating group) is 1. The SMILES string of the molecule is CCN(CC(=O)NC(C)(C)C)C(=O)c1cccc(NC(=O)C2CC2C)c1. The second-order valence-electron chi connectivity index (χ2n) is 8.01. The predicted octanol–water partition coefficient (Wildman–Crippen LogP) is 2.66. The smallest absolute Gasteiger partial charge is 0.254 e. The monoisotopic (exact) mass is 359 g/mol. The molecule has 1 aliphatic carbocycles. The summed E-state index contributed by atoms with van der Waals surface area (Å²) in [5.41, 5.74) is 0.719. The summed E-state index contributed by atoms with van der Waals surface area (Å²) in [6.45, 7) is 10.0. The number of rotatable bonds is 6. The molecule has 3 amide bonds. The van der Waals surface area contributed by atoms with Crippen molar-refractivity contribution in [2.75, 3.05) is 18.4 Å². The van der Waals surface area contributed by atoms with Crippen molar-refractivity contribution >= 4 is 23.4 Å². The highest BCUT2D eigenvalue weighted by atomic mass is 16.2. The van der Waals surface area contributed by atoms with E-state index in [9.17, 15) is 14.4 Å². The Balaban J connectivity index is 2.03. The molecule has 0 bridgehead atoms. The molecule has 1 aromatic rings. The van der Waals surface area contributed by atoms with E-state index in [1.807, 2.05) is 34.6 Å². The van der Waals surface area contributed by atoms with E-state index in [2.05, 4.69) is 10.6 Å². The Kier molecular flexibility index (Phi) is 6.05. The third-order valence-corrected chi connectivity index (χ3v) is 4.34. The zero-order valence-electron chi connectivity index (χ0n) is 16.3. The summed E-state index contributed by atoms with van der Waals surface area (Å²) in [7, 11) is 0. The van der Waals surface area contributed by atoms with Gasteiger partial charge in [-0.15, -0.1) is 0 Å². The van der Waals surface area contributed by atoms with Crippen molar-refractivity contribution < 1.29 is 14.4 Å². The number of amides is 3. The van der Waals surface area contributed by atoms with Gasteiger partial charge >= 0.3 is 0 Å². The van der Waals surface area contributed by atoms with Crippen LogP contribution in [-0.2, 0) is 9.59 Å². The van der Waals surface area contributed by atoms with Gasteiger partial charge in [0.05, 0.1) is 6.54 Å². The van der Waals surface area contributed by atoms with Crippen LogP contribution in [0.15, 0.2) is 24.3 Å². The fourth-order valence-corrected chi connectivity index (χ4v) is 2.79. The number of hydrogen-bond donors (Lipinski definition) is 2. The molecule has 1 aliphatic rings. The minimum absolute atomic E-state index is 0.000924. The topological polar surface area (TPSA) is 78.5 Å². The lowest BCUT2D eigenvalue weighted by atomic mass is 10.1. The van der Waals surface area contributed by atoms with Gasteiger partial charge in [-0.05, 0) is 58.2 Å². The van der Waals surface area contributed by atoms with Crippen molar-refractivity contribution in [3.63, 3.8) is 0 Å². The first-order chi connectivity index (χ1) is 12.1. The Labute approximate surface area is 155 Å². The molecule has 1 fully saturated rings. The standard InChI is InChI=1S/C20H29N3O3/c1-6-23(12-17(24)22-20(3,4)5)19(26)14-8-7-9-15(11-14)21-18(25)16-10-13(16)2/h7-9,11,13,16H,6,10,12H2,1-5H3,(H,21,25)(H,22,24). The minimum atomic E-state index is -0.344. The number of anilines is 1. The Morgan fingerprint density at radius 2 is 1.88 bits per heavy atom. The van der Waals surface area contributed by atoms with E-state index in [4.69, 9.17) is 0 Å². The third-order valence-electron chi connectivity index (χ3n) is 4.34. The molecule has 1 saturated carbocycles. The summed E-state index contributed by atoms with van der Waals surface area (Å²) in [5, 5.41) is 5.73. The second-order valence-corrected chi connectivity index (χ2v) is 8.01. The van der Waals surface area contributed by atoms with Crippen LogP contribution in [0.2, 0.25) is 0 Å². The van der Waals surface area contributed by atoms with Crippen LogP contribution < -0.4 is 10.6 Å². The lowest BCUT2D eigenvalue weighted by molar-refractivity contribution is -0.123. The third kappa shape index (κ3) is 5.58. The highest BCUT2D eigenvalue weighted by molar-refractivity contribution is 5.99. The van der Waals surface area contributed by atoms with Gasteiger partial charge in [-0.2, -0.15) is 0 Å². The lowest BCUT2D eigenvalue weighted by Gasteiger charge is -2.25. The molecule has 2 unspecified atom stereocenters. The summed E-state index contributed by atoms with van der Waals surface area (Å²) in [5.74, 6) is 0.0747. The van der Waals surface area contributed by atoms with Gasteiger partial charge in [-0.1, -0.05) is 13.0 Å². The number of carbonyl (C=O) groups excluding carboxylic acids is 3. The average molecular weight is 359 g/mol. The molecule has 0 spiro atoms. The van der Waals surface area contributed by atoms with Gasteiger partial charge in [-0.3, -0.25) is 14.4 Å². The number of nitrogens with zero attached hydrogens (tertiary/aromatic N) is 1. The molecule has 2 N–H and O–H groups in total. The predicted molar refractivity (Wildman–Crippen MR) is 102 cm³/mol. The summed E-state index contributed by atoms with van der Waals surface area (Å²) >= 11 is 0. The Morgan fingerprint density at radius 3 is 2.42 bits per heavy atom. The van der Waals surface area contributed by atoms with Gasteiger partial charge < -0.3 is 15.5 Å². The van der Waals surface area contributed by atoms with Gasteiger partial charge in [0.25, 0.3) is 5.91 Å². The Hall–Kier alpha value is -2.37. The van der Waals surface area contributed by atoms with Gasteiger partial charge in [0.2, 0.25) is 11.8 Å². The van der Waals surface area contributed by atoms with E-state index in [1.165, 1.54) is 4.90 Å². The molecule has 6 heteroatoms. The van der Waals surface area contributed by atoms with Crippen molar-refractivity contribution in [2.45, 2.75) is 46.6 Å². The van der Waals surface area contributed by atoms with Crippen LogP contribution in [0.25, 0.3) is 0 Å². The molecule has 2 atom stereocenters. The largest absolute Gasteiger partial charge is 0.350 e. The molecule has 26 heavy (non-hydrogen) atoms. The second kappa shape index (κ2) is 7.89. The van der Waals surface area contributed by atoms with E-state index < -0.39 is 0 Å². The fourth-order valence-electron chi connectivity index (χ4n) is 2.79. The van der Waals surface area contributed by atoms with Crippen LogP contribution in [0.3, 0.4) is 0 Å². The zero-order valence-corrected chi connectivity index (χ0v) is 16.3. The first-order valence-electron chi connectivity index (χ1n) is 9.12. The van der Waals surface area contributed by atoms with Crippen molar-refractivity contribution in [1.82, 2.24) is 10.2 Å². The minimum Gasteiger partial charge on any atom is -0.350 e. The maximum atomic E-state index is 12.7. The molecule has 0 aliphatic heterocycles. The molecule has 6 nitrogen and oxygen atoms in total. The van der Waals surface area contributed by atoms with E-state index in [1.54, 1.807) is 24.3 Å². The van der Waals surface area contributed by atoms with E-state index in [0.29, 0.717) is 23.7 Å². The van der Waals surface area contributed by atoms with Crippen molar-refractivity contribution in [3.8, 4) is 0 Å². The van der Waals surface area contributed by atoms with Crippen molar-refractivity contribution in [3.05, 3.63) is 29.8 Å². The fraction of sp³-hybridized carbons (Fsp3) is 0.550. The molecular formula is C20H29N3O3.